The predicted molar refractivity (Wildman–Crippen MR) is 97.8 cm³/mol. The van der Waals surface area contributed by atoms with Gasteiger partial charge in [0, 0.05) is 5.57 Å². The van der Waals surface area contributed by atoms with Crippen molar-refractivity contribution in [2.45, 2.75) is 77.6 Å². The molecular weight excluding hydrogens is 284 g/mol. The molecular formula is C21H32O2. The lowest BCUT2D eigenvalue weighted by atomic mass is 9.92. The van der Waals surface area contributed by atoms with Crippen LogP contribution in [-0.4, -0.2) is 11.1 Å². The molecule has 1 rings (SSSR count). The highest BCUT2D eigenvalue weighted by Gasteiger charge is 2.11. The number of hydrogen-bond acceptors (Lipinski definition) is 1. The molecule has 1 N–H and O–H groups in total. The first-order chi connectivity index (χ1) is 11.2. The minimum absolute atomic E-state index is 0.412. The molecule has 128 valence electrons. The highest BCUT2D eigenvalue weighted by atomic mass is 16.4. The van der Waals surface area contributed by atoms with Crippen LogP contribution in [0.3, 0.4) is 0 Å². The largest absolute Gasteiger partial charge is 0.478 e. The van der Waals surface area contributed by atoms with E-state index in [1.54, 1.807) is 0 Å². The molecule has 2 heteroatoms. The third kappa shape index (κ3) is 8.01. The molecule has 0 spiro atoms. The van der Waals surface area contributed by atoms with Gasteiger partial charge >= 0.3 is 5.97 Å². The molecule has 0 aliphatic heterocycles. The molecule has 0 heterocycles. The Labute approximate surface area is 141 Å². The summed E-state index contributed by atoms with van der Waals surface area (Å²) in [6, 6.07) is 10.4. The fourth-order valence-corrected chi connectivity index (χ4v) is 2.94. The van der Waals surface area contributed by atoms with E-state index in [0.717, 1.165) is 25.7 Å². The number of aliphatic carboxylic acids is 1. The maximum Gasteiger partial charge on any atom is 0.331 e. The van der Waals surface area contributed by atoms with Crippen molar-refractivity contribution in [2.24, 2.45) is 0 Å². The Morgan fingerprint density at radius 3 is 2.30 bits per heavy atom. The molecule has 0 bridgehead atoms. The molecule has 0 amide bonds. The maximum atomic E-state index is 11.4. The topological polar surface area (TPSA) is 37.3 Å². The third-order valence-corrected chi connectivity index (χ3v) is 4.49. The standard InChI is InChI=1S/C21H32O2/c1-3-5-6-7-8-10-15-20(21(22)23)17-16-18(4-2)19-13-11-9-12-14-19/h9,11-14,17-18H,3-8,10,15-16H2,1-2H3,(H,22,23)/b20-17+. The Morgan fingerprint density at radius 2 is 1.70 bits per heavy atom. The molecule has 0 aliphatic carbocycles. The quantitative estimate of drug-likeness (QED) is 0.361. The number of rotatable bonds is 12. The van der Waals surface area contributed by atoms with Crippen LogP contribution < -0.4 is 0 Å². The number of carboxylic acid groups (broad SMARTS) is 1. The van der Waals surface area contributed by atoms with Crippen LogP contribution in [0, 0.1) is 0 Å². The molecule has 23 heavy (non-hydrogen) atoms. The Morgan fingerprint density at radius 1 is 1.04 bits per heavy atom. The smallest absolute Gasteiger partial charge is 0.331 e. The number of unbranched alkanes of at least 4 members (excludes halogenated alkanes) is 5. The van der Waals surface area contributed by atoms with Gasteiger partial charge in [0.1, 0.15) is 0 Å². The van der Waals surface area contributed by atoms with Gasteiger partial charge in [-0.2, -0.15) is 0 Å². The first-order valence-electron chi connectivity index (χ1n) is 9.16. The van der Waals surface area contributed by atoms with Crippen molar-refractivity contribution in [1.82, 2.24) is 0 Å². The zero-order valence-corrected chi connectivity index (χ0v) is 14.8. The van der Waals surface area contributed by atoms with E-state index in [2.05, 4.69) is 38.1 Å². The van der Waals surface area contributed by atoms with E-state index in [9.17, 15) is 9.90 Å². The van der Waals surface area contributed by atoms with Crippen LogP contribution in [0.2, 0.25) is 0 Å². The summed E-state index contributed by atoms with van der Waals surface area (Å²) in [5, 5.41) is 9.40. The van der Waals surface area contributed by atoms with Gasteiger partial charge in [-0.15, -0.1) is 0 Å². The van der Waals surface area contributed by atoms with E-state index in [0.29, 0.717) is 17.9 Å². The van der Waals surface area contributed by atoms with Crippen LogP contribution >= 0.6 is 0 Å². The van der Waals surface area contributed by atoms with Gasteiger partial charge in [0.25, 0.3) is 0 Å². The fourth-order valence-electron chi connectivity index (χ4n) is 2.94. The Kier molecular flexibility index (Phi) is 10.1. The molecule has 0 aromatic heterocycles. The van der Waals surface area contributed by atoms with E-state index in [1.807, 2.05) is 12.1 Å². The van der Waals surface area contributed by atoms with Crippen LogP contribution in [0.4, 0.5) is 0 Å². The molecule has 0 fully saturated rings. The lowest BCUT2D eigenvalue weighted by Gasteiger charge is -2.13. The van der Waals surface area contributed by atoms with Gasteiger partial charge in [-0.3, -0.25) is 0 Å². The van der Waals surface area contributed by atoms with Crippen LogP contribution in [0.5, 0.6) is 0 Å². The molecule has 0 saturated carbocycles. The van der Waals surface area contributed by atoms with Crippen molar-refractivity contribution in [3.05, 3.63) is 47.5 Å². The number of allylic oxidation sites excluding steroid dienone is 1. The zero-order valence-electron chi connectivity index (χ0n) is 14.8. The van der Waals surface area contributed by atoms with Crippen molar-refractivity contribution >= 4 is 5.97 Å². The highest BCUT2D eigenvalue weighted by molar-refractivity contribution is 5.86. The van der Waals surface area contributed by atoms with Crippen molar-refractivity contribution in [1.29, 1.82) is 0 Å². The molecule has 0 radical (unpaired) electrons. The van der Waals surface area contributed by atoms with Gasteiger partial charge in [-0.1, -0.05) is 82.4 Å². The minimum atomic E-state index is -0.749. The van der Waals surface area contributed by atoms with Crippen LogP contribution in [0.25, 0.3) is 0 Å². The lowest BCUT2D eigenvalue weighted by molar-refractivity contribution is -0.132. The van der Waals surface area contributed by atoms with Gasteiger partial charge in [0.05, 0.1) is 0 Å². The molecule has 1 atom stereocenters. The third-order valence-electron chi connectivity index (χ3n) is 4.49. The molecule has 1 aromatic rings. The summed E-state index contributed by atoms with van der Waals surface area (Å²) in [6.45, 7) is 4.38. The molecule has 2 nitrogen and oxygen atoms in total. The first kappa shape index (κ1) is 19.5. The second kappa shape index (κ2) is 11.9. The van der Waals surface area contributed by atoms with Gasteiger partial charge in [-0.05, 0) is 37.2 Å². The molecule has 0 aliphatic rings. The summed E-state index contributed by atoms with van der Waals surface area (Å²) >= 11 is 0. The van der Waals surface area contributed by atoms with Crippen LogP contribution in [0.1, 0.15) is 83.1 Å². The average molecular weight is 316 g/mol. The summed E-state index contributed by atoms with van der Waals surface area (Å²) in [4.78, 5) is 11.4. The molecule has 1 aromatic carbocycles. The van der Waals surface area contributed by atoms with Crippen LogP contribution in [-0.2, 0) is 4.79 Å². The van der Waals surface area contributed by atoms with E-state index >= 15 is 0 Å². The Balaban J connectivity index is 2.49. The normalized spacial score (nSPS) is 13.0. The van der Waals surface area contributed by atoms with E-state index < -0.39 is 5.97 Å². The highest BCUT2D eigenvalue weighted by Crippen LogP contribution is 2.25. The maximum absolute atomic E-state index is 11.4. The predicted octanol–water partition coefficient (Wildman–Crippen LogP) is 6.33. The summed E-state index contributed by atoms with van der Waals surface area (Å²) in [5.41, 5.74) is 1.89. The van der Waals surface area contributed by atoms with E-state index in [4.69, 9.17) is 0 Å². The SMILES string of the molecule is CCCCCCCC/C(=C\CC(CC)c1ccccc1)C(=O)O. The zero-order chi connectivity index (χ0) is 16.9. The average Bonchev–Trinajstić information content (AvgIpc) is 2.57. The number of hydrogen-bond donors (Lipinski definition) is 1. The van der Waals surface area contributed by atoms with E-state index in [-0.39, 0.29) is 0 Å². The number of carboxylic acids is 1. The summed E-state index contributed by atoms with van der Waals surface area (Å²) in [7, 11) is 0. The van der Waals surface area contributed by atoms with E-state index in [1.165, 1.54) is 31.2 Å². The first-order valence-corrected chi connectivity index (χ1v) is 9.16. The molecule has 0 saturated heterocycles. The Hall–Kier alpha value is -1.57. The fraction of sp³-hybridized carbons (Fsp3) is 0.571. The second-order valence-electron chi connectivity index (χ2n) is 6.30. The van der Waals surface area contributed by atoms with Crippen molar-refractivity contribution in [3.63, 3.8) is 0 Å². The number of carbonyl (C=O) groups is 1. The van der Waals surface area contributed by atoms with Crippen LogP contribution in [0.15, 0.2) is 42.0 Å². The Bertz CT molecular complexity index is 462. The van der Waals surface area contributed by atoms with Crippen molar-refractivity contribution in [3.8, 4) is 0 Å². The van der Waals surface area contributed by atoms with Gasteiger partial charge in [0.2, 0.25) is 0 Å². The minimum Gasteiger partial charge on any atom is -0.478 e. The lowest BCUT2D eigenvalue weighted by Crippen LogP contribution is -2.03. The molecule has 1 unspecified atom stereocenters. The van der Waals surface area contributed by atoms with Gasteiger partial charge in [0.15, 0.2) is 0 Å². The van der Waals surface area contributed by atoms with Crippen molar-refractivity contribution in [2.75, 3.05) is 0 Å². The monoisotopic (exact) mass is 316 g/mol. The van der Waals surface area contributed by atoms with Crippen molar-refractivity contribution < 1.29 is 9.90 Å². The van der Waals surface area contributed by atoms with Gasteiger partial charge in [-0.25, -0.2) is 4.79 Å². The summed E-state index contributed by atoms with van der Waals surface area (Å²) < 4.78 is 0. The number of benzene rings is 1. The summed E-state index contributed by atoms with van der Waals surface area (Å²) in [5.74, 6) is -0.337. The van der Waals surface area contributed by atoms with Gasteiger partial charge < -0.3 is 5.11 Å². The second-order valence-corrected chi connectivity index (χ2v) is 6.30. The summed E-state index contributed by atoms with van der Waals surface area (Å²) in [6.07, 6.45) is 11.7.